The van der Waals surface area contributed by atoms with Crippen LogP contribution >= 0.6 is 11.3 Å². The van der Waals surface area contributed by atoms with E-state index in [-0.39, 0.29) is 6.10 Å². The lowest BCUT2D eigenvalue weighted by atomic mass is 10.0. The summed E-state index contributed by atoms with van der Waals surface area (Å²) >= 11 is 1.68. The zero-order valence-electron chi connectivity index (χ0n) is 9.71. The number of rotatable bonds is 2. The summed E-state index contributed by atoms with van der Waals surface area (Å²) in [5, 5.41) is 11.7. The minimum atomic E-state index is -0.235. The van der Waals surface area contributed by atoms with Gasteiger partial charge in [0.25, 0.3) is 0 Å². The van der Waals surface area contributed by atoms with Gasteiger partial charge in [0.1, 0.15) is 12.1 Å². The molecule has 1 saturated heterocycles. The molecule has 2 atom stereocenters. The average molecular weight is 249 g/mol. The van der Waals surface area contributed by atoms with Gasteiger partial charge in [-0.2, -0.15) is 0 Å². The highest BCUT2D eigenvalue weighted by molar-refractivity contribution is 7.17. The Bertz CT molecular complexity index is 525. The van der Waals surface area contributed by atoms with Crippen LogP contribution in [0.15, 0.2) is 17.8 Å². The molecular formula is C12H15N3OS. The molecule has 0 aromatic carbocycles. The number of thiophene rings is 1. The Balaban J connectivity index is 1.92. The molecule has 0 spiro atoms. The number of hydrogen-bond acceptors (Lipinski definition) is 5. The van der Waals surface area contributed by atoms with Crippen molar-refractivity contribution in [2.75, 3.05) is 18.0 Å². The maximum atomic E-state index is 9.63. The summed E-state index contributed by atoms with van der Waals surface area (Å²) < 4.78 is 1.15. The van der Waals surface area contributed by atoms with Crippen LogP contribution in [0.25, 0.3) is 10.2 Å². The van der Waals surface area contributed by atoms with Gasteiger partial charge in [-0.3, -0.25) is 0 Å². The van der Waals surface area contributed by atoms with Crippen LogP contribution in [-0.2, 0) is 0 Å². The van der Waals surface area contributed by atoms with Gasteiger partial charge in [0.15, 0.2) is 0 Å². The predicted octanol–water partition coefficient (Wildman–Crippen LogP) is 1.90. The fourth-order valence-corrected chi connectivity index (χ4v) is 3.24. The summed E-state index contributed by atoms with van der Waals surface area (Å²) in [6.45, 7) is 3.73. The fraction of sp³-hybridized carbons (Fsp3) is 0.500. The molecule has 0 radical (unpaired) electrons. The Hall–Kier alpha value is -1.20. The molecule has 2 aromatic rings. The molecule has 0 saturated carbocycles. The molecule has 3 heterocycles. The van der Waals surface area contributed by atoms with Gasteiger partial charge in [0.2, 0.25) is 0 Å². The van der Waals surface area contributed by atoms with Gasteiger partial charge in [-0.1, -0.05) is 0 Å². The molecule has 17 heavy (non-hydrogen) atoms. The maximum absolute atomic E-state index is 9.63. The van der Waals surface area contributed by atoms with Gasteiger partial charge in [-0.05, 0) is 24.8 Å². The van der Waals surface area contributed by atoms with Crippen LogP contribution in [0.5, 0.6) is 0 Å². The monoisotopic (exact) mass is 249 g/mol. The molecule has 0 bridgehead atoms. The van der Waals surface area contributed by atoms with Crippen molar-refractivity contribution in [3.8, 4) is 0 Å². The topological polar surface area (TPSA) is 49.2 Å². The summed E-state index contributed by atoms with van der Waals surface area (Å²) in [4.78, 5) is 10.9. The van der Waals surface area contributed by atoms with E-state index in [1.165, 1.54) is 0 Å². The highest BCUT2D eigenvalue weighted by Gasteiger charge is 2.27. The third-order valence-electron chi connectivity index (χ3n) is 3.43. The summed E-state index contributed by atoms with van der Waals surface area (Å²) in [6, 6.07) is 2.02. The Kier molecular flexibility index (Phi) is 2.72. The second-order valence-corrected chi connectivity index (χ2v) is 5.48. The minimum Gasteiger partial charge on any atom is -0.393 e. The minimum absolute atomic E-state index is 0.235. The zero-order valence-corrected chi connectivity index (χ0v) is 10.5. The van der Waals surface area contributed by atoms with E-state index in [9.17, 15) is 5.11 Å². The van der Waals surface area contributed by atoms with Crippen molar-refractivity contribution in [2.24, 2.45) is 5.92 Å². The first-order chi connectivity index (χ1) is 8.25. The molecule has 1 fully saturated rings. The second kappa shape index (κ2) is 4.23. The first-order valence-electron chi connectivity index (χ1n) is 5.87. The van der Waals surface area contributed by atoms with Crippen molar-refractivity contribution >= 4 is 27.4 Å². The zero-order chi connectivity index (χ0) is 11.8. The van der Waals surface area contributed by atoms with E-state index < -0.39 is 0 Å². The number of hydrogen-bond donors (Lipinski definition) is 1. The smallest absolute Gasteiger partial charge is 0.150 e. The molecule has 1 N–H and O–H groups in total. The van der Waals surface area contributed by atoms with E-state index in [1.54, 1.807) is 17.7 Å². The number of aromatic nitrogens is 2. The van der Waals surface area contributed by atoms with Gasteiger partial charge in [0.05, 0.1) is 16.3 Å². The van der Waals surface area contributed by atoms with Crippen molar-refractivity contribution in [1.82, 2.24) is 9.97 Å². The Morgan fingerprint density at radius 2 is 2.41 bits per heavy atom. The van der Waals surface area contributed by atoms with Crippen LogP contribution in [0.4, 0.5) is 5.82 Å². The van der Waals surface area contributed by atoms with Crippen LogP contribution < -0.4 is 4.90 Å². The van der Waals surface area contributed by atoms with Gasteiger partial charge >= 0.3 is 0 Å². The van der Waals surface area contributed by atoms with Crippen LogP contribution in [0.3, 0.4) is 0 Å². The highest BCUT2D eigenvalue weighted by Crippen LogP contribution is 2.31. The molecule has 2 aromatic heterocycles. The van der Waals surface area contributed by atoms with Crippen molar-refractivity contribution < 1.29 is 5.11 Å². The normalized spacial score (nSPS) is 22.2. The highest BCUT2D eigenvalue weighted by atomic mass is 32.1. The quantitative estimate of drug-likeness (QED) is 0.883. The van der Waals surface area contributed by atoms with E-state index >= 15 is 0 Å². The van der Waals surface area contributed by atoms with E-state index in [2.05, 4.69) is 14.9 Å². The molecule has 90 valence electrons. The number of aliphatic hydroxyl groups is 1. The lowest BCUT2D eigenvalue weighted by Gasteiger charge is -2.18. The Labute approximate surface area is 104 Å². The molecule has 3 rings (SSSR count). The van der Waals surface area contributed by atoms with Crippen LogP contribution in [0, 0.1) is 5.92 Å². The van der Waals surface area contributed by atoms with Gasteiger partial charge < -0.3 is 10.0 Å². The number of aliphatic hydroxyl groups excluding tert-OH is 1. The summed E-state index contributed by atoms with van der Waals surface area (Å²) in [5.74, 6) is 1.38. The van der Waals surface area contributed by atoms with Crippen molar-refractivity contribution in [3.63, 3.8) is 0 Å². The fourth-order valence-electron chi connectivity index (χ4n) is 2.37. The molecule has 1 aliphatic rings. The lowest BCUT2D eigenvalue weighted by molar-refractivity contribution is 0.136. The third kappa shape index (κ3) is 1.89. The van der Waals surface area contributed by atoms with Gasteiger partial charge in [0, 0.05) is 19.0 Å². The standard InChI is InChI=1S/C12H15N3OS/c1-8(16)9-2-4-15(6-9)12-11-10(3-5-17-11)13-7-14-12/h3,5,7-9,16H,2,4,6H2,1H3. The summed E-state index contributed by atoms with van der Waals surface area (Å²) in [6.07, 6.45) is 2.43. The summed E-state index contributed by atoms with van der Waals surface area (Å²) in [5.41, 5.74) is 1.01. The van der Waals surface area contributed by atoms with Gasteiger partial charge in [-0.25, -0.2) is 9.97 Å². The SMILES string of the molecule is CC(O)C1CCN(c2ncnc3ccsc23)C1. The average Bonchev–Trinajstić information content (AvgIpc) is 2.97. The number of anilines is 1. The van der Waals surface area contributed by atoms with E-state index in [4.69, 9.17) is 0 Å². The third-order valence-corrected chi connectivity index (χ3v) is 4.33. The Morgan fingerprint density at radius 1 is 1.53 bits per heavy atom. The van der Waals surface area contributed by atoms with E-state index in [1.807, 2.05) is 18.4 Å². The second-order valence-electron chi connectivity index (χ2n) is 4.57. The largest absolute Gasteiger partial charge is 0.393 e. The van der Waals surface area contributed by atoms with Crippen LogP contribution in [0.1, 0.15) is 13.3 Å². The molecule has 4 nitrogen and oxygen atoms in total. The molecule has 2 unspecified atom stereocenters. The van der Waals surface area contributed by atoms with E-state index in [0.29, 0.717) is 5.92 Å². The number of nitrogens with zero attached hydrogens (tertiary/aromatic N) is 3. The first kappa shape index (κ1) is 10.9. The predicted molar refractivity (Wildman–Crippen MR) is 69.4 cm³/mol. The van der Waals surface area contributed by atoms with Gasteiger partial charge in [-0.15, -0.1) is 11.3 Å². The molecule has 1 aliphatic heterocycles. The molecule has 0 aliphatic carbocycles. The van der Waals surface area contributed by atoms with Crippen LogP contribution in [0.2, 0.25) is 0 Å². The Morgan fingerprint density at radius 3 is 3.18 bits per heavy atom. The summed E-state index contributed by atoms with van der Waals surface area (Å²) in [7, 11) is 0. The molecule has 5 heteroatoms. The van der Waals surface area contributed by atoms with Crippen molar-refractivity contribution in [3.05, 3.63) is 17.8 Å². The first-order valence-corrected chi connectivity index (χ1v) is 6.75. The van der Waals surface area contributed by atoms with Crippen molar-refractivity contribution in [1.29, 1.82) is 0 Å². The maximum Gasteiger partial charge on any atom is 0.150 e. The van der Waals surface area contributed by atoms with Crippen LogP contribution in [-0.4, -0.2) is 34.3 Å². The number of fused-ring (bicyclic) bond motifs is 1. The lowest BCUT2D eigenvalue weighted by Crippen LogP contribution is -2.24. The van der Waals surface area contributed by atoms with Crippen molar-refractivity contribution in [2.45, 2.75) is 19.4 Å². The molecule has 0 amide bonds. The molecular weight excluding hydrogens is 234 g/mol. The van der Waals surface area contributed by atoms with E-state index in [0.717, 1.165) is 35.5 Å².